The largest absolute Gasteiger partial charge is 0.306 e. The van der Waals surface area contributed by atoms with Crippen molar-refractivity contribution in [1.29, 1.82) is 0 Å². The van der Waals surface area contributed by atoms with Crippen molar-refractivity contribution in [1.82, 2.24) is 20.6 Å². The van der Waals surface area contributed by atoms with Crippen LogP contribution in [0.4, 0.5) is 5.95 Å². The number of aryl methyl sites for hydroxylation is 1. The van der Waals surface area contributed by atoms with Crippen LogP contribution < -0.4 is 10.9 Å². The van der Waals surface area contributed by atoms with Gasteiger partial charge in [-0.25, -0.2) is 4.98 Å². The van der Waals surface area contributed by atoms with Gasteiger partial charge in [0.05, 0.1) is 0 Å². The molecule has 1 atom stereocenters. The van der Waals surface area contributed by atoms with Gasteiger partial charge in [0.1, 0.15) is 11.4 Å². The van der Waals surface area contributed by atoms with Gasteiger partial charge in [0.2, 0.25) is 0 Å². The first-order chi connectivity index (χ1) is 15.7. The van der Waals surface area contributed by atoms with Crippen molar-refractivity contribution in [2.75, 3.05) is 5.43 Å². The average molecular weight is 440 g/mol. The van der Waals surface area contributed by atoms with E-state index in [9.17, 15) is 0 Å². The molecule has 0 saturated heterocycles. The number of hydrogen-bond acceptors (Lipinski definition) is 6. The fourth-order valence-electron chi connectivity index (χ4n) is 3.13. The summed E-state index contributed by atoms with van der Waals surface area (Å²) >= 11 is 1.80. The molecule has 2 N–H and O–H groups in total. The van der Waals surface area contributed by atoms with E-state index in [4.69, 9.17) is 4.98 Å². The number of nitrogens with zero attached hydrogens (tertiary/aromatic N) is 3. The van der Waals surface area contributed by atoms with Gasteiger partial charge in [0.25, 0.3) is 5.95 Å². The van der Waals surface area contributed by atoms with Gasteiger partial charge >= 0.3 is 0 Å². The molecule has 1 unspecified atom stereocenters. The Morgan fingerprint density at radius 3 is 2.06 bits per heavy atom. The number of thioether (sulfide) groups is 1. The van der Waals surface area contributed by atoms with Crippen molar-refractivity contribution in [2.24, 2.45) is 0 Å². The van der Waals surface area contributed by atoms with Crippen LogP contribution >= 0.6 is 11.8 Å². The standard InChI is InChI=1S/C26H25N5S/c1-19-13-15-23(16-14-19)32-20(2)17-18-27-30-26-28-24(21-9-5-3-6-10-21)25(29-31-26)22-11-7-4-8-12-22/h3-18,20,27H,1-2H3,(H,28,30,31)/b18-17+. The third-order valence-electron chi connectivity index (χ3n) is 4.76. The molecule has 3 aromatic carbocycles. The Bertz CT molecular complexity index is 1160. The number of anilines is 1. The maximum absolute atomic E-state index is 4.73. The molecule has 4 aromatic rings. The molecule has 0 amide bonds. The predicted octanol–water partition coefficient (Wildman–Crippen LogP) is 6.13. The van der Waals surface area contributed by atoms with E-state index in [1.807, 2.05) is 66.9 Å². The highest BCUT2D eigenvalue weighted by Crippen LogP contribution is 2.28. The van der Waals surface area contributed by atoms with Crippen LogP contribution in [0.5, 0.6) is 0 Å². The van der Waals surface area contributed by atoms with Gasteiger partial charge in [0, 0.05) is 27.5 Å². The second-order valence-corrected chi connectivity index (χ2v) is 8.78. The summed E-state index contributed by atoms with van der Waals surface area (Å²) in [5, 5.41) is 9.03. The zero-order chi connectivity index (χ0) is 22.2. The Morgan fingerprint density at radius 2 is 1.41 bits per heavy atom. The summed E-state index contributed by atoms with van der Waals surface area (Å²) in [7, 11) is 0. The van der Waals surface area contributed by atoms with Crippen molar-refractivity contribution in [3.05, 3.63) is 103 Å². The Balaban J connectivity index is 1.45. The first-order valence-electron chi connectivity index (χ1n) is 10.5. The van der Waals surface area contributed by atoms with Crippen LogP contribution in [0.2, 0.25) is 0 Å². The SMILES string of the molecule is Cc1ccc(SC(C)/C=C/NNc2nnc(-c3ccccc3)c(-c3ccccc3)n2)cc1. The number of hydrazine groups is 1. The Morgan fingerprint density at radius 1 is 0.781 bits per heavy atom. The summed E-state index contributed by atoms with van der Waals surface area (Å²) < 4.78 is 0. The summed E-state index contributed by atoms with van der Waals surface area (Å²) in [6, 6.07) is 28.6. The van der Waals surface area contributed by atoms with Crippen LogP contribution in [0.3, 0.4) is 0 Å². The van der Waals surface area contributed by atoms with Crippen LogP contribution in [-0.2, 0) is 0 Å². The van der Waals surface area contributed by atoms with Gasteiger partial charge in [-0.15, -0.1) is 22.0 Å². The van der Waals surface area contributed by atoms with Gasteiger partial charge in [0.15, 0.2) is 0 Å². The van der Waals surface area contributed by atoms with E-state index in [1.54, 1.807) is 11.8 Å². The lowest BCUT2D eigenvalue weighted by Crippen LogP contribution is -2.18. The fourth-order valence-corrected chi connectivity index (χ4v) is 4.01. The number of benzene rings is 3. The molecule has 0 aliphatic carbocycles. The normalized spacial score (nSPS) is 11.9. The molecule has 1 heterocycles. The molecule has 6 heteroatoms. The summed E-state index contributed by atoms with van der Waals surface area (Å²) in [6.07, 6.45) is 3.95. The molecule has 0 spiro atoms. The van der Waals surface area contributed by atoms with Crippen molar-refractivity contribution in [3.8, 4) is 22.5 Å². The topological polar surface area (TPSA) is 62.7 Å². The monoisotopic (exact) mass is 439 g/mol. The van der Waals surface area contributed by atoms with Crippen molar-refractivity contribution < 1.29 is 0 Å². The van der Waals surface area contributed by atoms with Crippen LogP contribution in [0.15, 0.2) is 102 Å². The Kier molecular flexibility index (Phi) is 7.15. The Hall–Kier alpha value is -3.64. The zero-order valence-electron chi connectivity index (χ0n) is 18.1. The second-order valence-electron chi connectivity index (χ2n) is 7.33. The molecule has 0 radical (unpaired) electrons. The van der Waals surface area contributed by atoms with Gasteiger partial charge in [-0.2, -0.15) is 0 Å². The third-order valence-corrected chi connectivity index (χ3v) is 5.83. The molecule has 1 aromatic heterocycles. The van der Waals surface area contributed by atoms with Gasteiger partial charge in [-0.3, -0.25) is 5.43 Å². The molecule has 0 aliphatic heterocycles. The first kappa shape index (κ1) is 21.6. The van der Waals surface area contributed by atoms with E-state index < -0.39 is 0 Å². The molecule has 160 valence electrons. The van der Waals surface area contributed by atoms with E-state index in [-0.39, 0.29) is 0 Å². The summed E-state index contributed by atoms with van der Waals surface area (Å²) in [4.78, 5) is 5.97. The van der Waals surface area contributed by atoms with Gasteiger partial charge in [-0.1, -0.05) is 84.4 Å². The van der Waals surface area contributed by atoms with E-state index in [0.717, 1.165) is 22.5 Å². The molecular formula is C26H25N5S. The smallest absolute Gasteiger partial charge is 0.261 e. The number of rotatable bonds is 8. The molecule has 0 bridgehead atoms. The lowest BCUT2D eigenvalue weighted by molar-refractivity contribution is 0.922. The molecule has 0 saturated carbocycles. The minimum absolute atomic E-state index is 0.311. The van der Waals surface area contributed by atoms with Gasteiger partial charge in [-0.05, 0) is 26.0 Å². The maximum Gasteiger partial charge on any atom is 0.261 e. The predicted molar refractivity (Wildman–Crippen MR) is 133 cm³/mol. The highest BCUT2D eigenvalue weighted by molar-refractivity contribution is 8.00. The lowest BCUT2D eigenvalue weighted by atomic mass is 10.0. The molecular weight excluding hydrogens is 414 g/mol. The Labute approximate surface area is 193 Å². The fraction of sp³-hybridized carbons (Fsp3) is 0.115. The molecule has 0 fully saturated rings. The van der Waals surface area contributed by atoms with Crippen LogP contribution in [0.1, 0.15) is 12.5 Å². The van der Waals surface area contributed by atoms with E-state index >= 15 is 0 Å². The molecule has 5 nitrogen and oxygen atoms in total. The number of aromatic nitrogens is 3. The summed E-state index contributed by atoms with van der Waals surface area (Å²) in [5.41, 5.74) is 10.9. The molecule has 4 rings (SSSR count). The number of hydrogen-bond donors (Lipinski definition) is 2. The quantitative estimate of drug-likeness (QED) is 0.255. The van der Waals surface area contributed by atoms with Crippen LogP contribution in [0, 0.1) is 6.92 Å². The average Bonchev–Trinajstić information content (AvgIpc) is 2.84. The molecule has 0 aliphatic rings. The number of nitrogens with one attached hydrogen (secondary N) is 2. The van der Waals surface area contributed by atoms with E-state index in [1.165, 1.54) is 10.5 Å². The summed E-state index contributed by atoms with van der Waals surface area (Å²) in [5.74, 6) is 0.409. The van der Waals surface area contributed by atoms with E-state index in [2.05, 4.69) is 65.2 Å². The maximum atomic E-state index is 4.73. The first-order valence-corrected chi connectivity index (χ1v) is 11.3. The molecule has 32 heavy (non-hydrogen) atoms. The summed E-state index contributed by atoms with van der Waals surface area (Å²) in [6.45, 7) is 4.25. The third kappa shape index (κ3) is 5.74. The minimum Gasteiger partial charge on any atom is -0.306 e. The second kappa shape index (κ2) is 10.6. The highest BCUT2D eigenvalue weighted by Gasteiger charge is 2.13. The van der Waals surface area contributed by atoms with Crippen molar-refractivity contribution >= 4 is 17.7 Å². The van der Waals surface area contributed by atoms with Gasteiger partial charge < -0.3 is 5.43 Å². The van der Waals surface area contributed by atoms with Crippen LogP contribution in [-0.4, -0.2) is 20.4 Å². The van der Waals surface area contributed by atoms with E-state index in [0.29, 0.717) is 11.2 Å². The van der Waals surface area contributed by atoms with Crippen LogP contribution in [0.25, 0.3) is 22.5 Å². The zero-order valence-corrected chi connectivity index (χ0v) is 18.9. The van der Waals surface area contributed by atoms with Crippen molar-refractivity contribution in [2.45, 2.75) is 24.0 Å². The lowest BCUT2D eigenvalue weighted by Gasteiger charge is -2.11. The van der Waals surface area contributed by atoms with Crippen molar-refractivity contribution in [3.63, 3.8) is 0 Å². The highest BCUT2D eigenvalue weighted by atomic mass is 32.2. The minimum atomic E-state index is 0.311.